The number of hydrogen-bond donors (Lipinski definition) is 2. The number of H-pyrrole nitrogens is 1. The smallest absolute Gasteiger partial charge is 0.0980 e. The minimum absolute atomic E-state index is 0.438. The number of nitrogens with zero attached hydrogens (tertiary/aromatic N) is 2. The van der Waals surface area contributed by atoms with E-state index in [1.807, 2.05) is 0 Å². The monoisotopic (exact) mass is 145 g/mol. The lowest BCUT2D eigenvalue weighted by molar-refractivity contribution is 0.321. The molecule has 0 bridgehead atoms. The molecule has 0 atom stereocenters. The summed E-state index contributed by atoms with van der Waals surface area (Å²) in [6, 6.07) is 0. The second kappa shape index (κ2) is 2.50. The van der Waals surface area contributed by atoms with Crippen molar-refractivity contribution in [2.24, 2.45) is 5.16 Å². The first-order valence-corrected chi connectivity index (χ1v) is 2.58. The highest BCUT2D eigenvalue weighted by Crippen LogP contribution is 2.07. The van der Waals surface area contributed by atoms with Gasteiger partial charge in [0.25, 0.3) is 0 Å². The highest BCUT2D eigenvalue weighted by Gasteiger charge is 1.95. The number of hydrogen-bond acceptors (Lipinski definition) is 3. The Labute approximate surface area is 56.1 Å². The van der Waals surface area contributed by atoms with E-state index in [2.05, 4.69) is 15.4 Å². The maximum absolute atomic E-state index is 8.03. The van der Waals surface area contributed by atoms with Crippen LogP contribution in [0.2, 0.25) is 5.02 Å². The second-order valence-electron chi connectivity index (χ2n) is 1.38. The van der Waals surface area contributed by atoms with Crippen molar-refractivity contribution in [3.05, 3.63) is 16.9 Å². The topological polar surface area (TPSA) is 61.3 Å². The third kappa shape index (κ3) is 1.20. The summed E-state index contributed by atoms with van der Waals surface area (Å²) in [4.78, 5) is 0. The van der Waals surface area contributed by atoms with Crippen LogP contribution in [0.15, 0.2) is 11.4 Å². The molecule has 0 fully saturated rings. The molecule has 0 saturated carbocycles. The van der Waals surface area contributed by atoms with Gasteiger partial charge >= 0.3 is 0 Å². The Hall–Kier alpha value is -1.03. The molecule has 0 saturated heterocycles. The molecular formula is C4H4ClN3O. The van der Waals surface area contributed by atoms with Gasteiger partial charge in [0.2, 0.25) is 0 Å². The fourth-order valence-corrected chi connectivity index (χ4v) is 0.570. The third-order valence-corrected chi connectivity index (χ3v) is 1.11. The van der Waals surface area contributed by atoms with Crippen molar-refractivity contribution in [2.45, 2.75) is 0 Å². The van der Waals surface area contributed by atoms with Crippen LogP contribution in [0.25, 0.3) is 0 Å². The molecule has 0 aliphatic rings. The Morgan fingerprint density at radius 3 is 3.11 bits per heavy atom. The summed E-state index contributed by atoms with van der Waals surface area (Å²) in [6.45, 7) is 0. The van der Waals surface area contributed by atoms with Crippen LogP contribution in [-0.4, -0.2) is 21.6 Å². The molecule has 2 N–H and O–H groups in total. The highest BCUT2D eigenvalue weighted by atomic mass is 35.5. The van der Waals surface area contributed by atoms with Crippen molar-refractivity contribution < 1.29 is 5.21 Å². The molecule has 5 heteroatoms. The van der Waals surface area contributed by atoms with E-state index in [1.165, 1.54) is 12.4 Å². The van der Waals surface area contributed by atoms with Gasteiger partial charge in [0.05, 0.1) is 23.1 Å². The van der Waals surface area contributed by atoms with Gasteiger partial charge in [-0.3, -0.25) is 5.10 Å². The van der Waals surface area contributed by atoms with Gasteiger partial charge in [0, 0.05) is 0 Å². The van der Waals surface area contributed by atoms with E-state index in [9.17, 15) is 0 Å². The molecule has 0 radical (unpaired) electrons. The van der Waals surface area contributed by atoms with Gasteiger partial charge in [-0.15, -0.1) is 0 Å². The SMILES string of the molecule is O/N=C\c1[nH]ncc1Cl. The van der Waals surface area contributed by atoms with Crippen LogP contribution in [0.5, 0.6) is 0 Å². The summed E-state index contributed by atoms with van der Waals surface area (Å²) in [6.07, 6.45) is 2.61. The maximum atomic E-state index is 8.03. The lowest BCUT2D eigenvalue weighted by atomic mass is 10.5. The number of halogens is 1. The van der Waals surface area contributed by atoms with Gasteiger partial charge in [-0.1, -0.05) is 16.8 Å². The zero-order valence-electron chi connectivity index (χ0n) is 4.37. The van der Waals surface area contributed by atoms with E-state index in [1.54, 1.807) is 0 Å². The number of aromatic amines is 1. The van der Waals surface area contributed by atoms with E-state index in [-0.39, 0.29) is 0 Å². The van der Waals surface area contributed by atoms with E-state index in [4.69, 9.17) is 16.8 Å². The Kier molecular flexibility index (Phi) is 1.69. The van der Waals surface area contributed by atoms with Gasteiger partial charge in [0.15, 0.2) is 0 Å². The lowest BCUT2D eigenvalue weighted by Gasteiger charge is -1.80. The molecule has 9 heavy (non-hydrogen) atoms. The van der Waals surface area contributed by atoms with Crippen LogP contribution in [0.4, 0.5) is 0 Å². The van der Waals surface area contributed by atoms with Crippen LogP contribution in [0, 0.1) is 0 Å². The van der Waals surface area contributed by atoms with Gasteiger partial charge in [-0.05, 0) is 0 Å². The molecule has 4 nitrogen and oxygen atoms in total. The number of rotatable bonds is 1. The summed E-state index contributed by atoms with van der Waals surface area (Å²) >= 11 is 5.52. The summed E-state index contributed by atoms with van der Waals surface area (Å²) in [5, 5.41) is 17.3. The zero-order chi connectivity index (χ0) is 6.69. The van der Waals surface area contributed by atoms with Gasteiger partial charge in [-0.2, -0.15) is 5.10 Å². The van der Waals surface area contributed by atoms with Gasteiger partial charge in [-0.25, -0.2) is 0 Å². The first-order chi connectivity index (χ1) is 4.34. The number of oxime groups is 1. The van der Waals surface area contributed by atoms with Crippen LogP contribution in [-0.2, 0) is 0 Å². The second-order valence-corrected chi connectivity index (χ2v) is 1.78. The van der Waals surface area contributed by atoms with Crippen molar-refractivity contribution in [3.8, 4) is 0 Å². The maximum Gasteiger partial charge on any atom is 0.0980 e. The Morgan fingerprint density at radius 1 is 1.89 bits per heavy atom. The van der Waals surface area contributed by atoms with Gasteiger partial charge < -0.3 is 5.21 Å². The molecule has 0 spiro atoms. The molecule has 0 aliphatic carbocycles. The summed E-state index contributed by atoms with van der Waals surface area (Å²) in [7, 11) is 0. The molecule has 1 aromatic heterocycles. The molecular weight excluding hydrogens is 142 g/mol. The van der Waals surface area contributed by atoms with Crippen molar-refractivity contribution in [1.82, 2.24) is 10.2 Å². The van der Waals surface area contributed by atoms with Crippen molar-refractivity contribution >= 4 is 17.8 Å². The van der Waals surface area contributed by atoms with Crippen molar-refractivity contribution in [2.75, 3.05) is 0 Å². The molecule has 0 aliphatic heterocycles. The molecule has 0 amide bonds. The minimum Gasteiger partial charge on any atom is -0.411 e. The molecule has 1 heterocycles. The molecule has 0 aromatic carbocycles. The molecule has 0 unspecified atom stereocenters. The molecule has 48 valence electrons. The van der Waals surface area contributed by atoms with Gasteiger partial charge in [0.1, 0.15) is 0 Å². The normalized spacial score (nSPS) is 10.8. The van der Waals surface area contributed by atoms with E-state index < -0.39 is 0 Å². The molecule has 1 rings (SSSR count). The molecule has 1 aromatic rings. The Morgan fingerprint density at radius 2 is 2.67 bits per heavy atom. The minimum atomic E-state index is 0.438. The van der Waals surface area contributed by atoms with Crippen molar-refractivity contribution in [3.63, 3.8) is 0 Å². The highest BCUT2D eigenvalue weighted by molar-refractivity contribution is 6.32. The average molecular weight is 146 g/mol. The van der Waals surface area contributed by atoms with E-state index in [0.29, 0.717) is 10.7 Å². The quantitative estimate of drug-likeness (QED) is 0.350. The lowest BCUT2D eigenvalue weighted by Crippen LogP contribution is -1.80. The fourth-order valence-electron chi connectivity index (χ4n) is 0.430. The Balaban J connectivity index is 2.94. The zero-order valence-corrected chi connectivity index (χ0v) is 5.13. The van der Waals surface area contributed by atoms with Crippen LogP contribution in [0.3, 0.4) is 0 Å². The van der Waals surface area contributed by atoms with Crippen LogP contribution in [0.1, 0.15) is 5.69 Å². The Bertz CT molecular complexity index is 219. The summed E-state index contributed by atoms with van der Waals surface area (Å²) in [5.41, 5.74) is 0.499. The third-order valence-electron chi connectivity index (χ3n) is 0.807. The number of aromatic nitrogens is 2. The van der Waals surface area contributed by atoms with Crippen LogP contribution < -0.4 is 0 Å². The fraction of sp³-hybridized carbons (Fsp3) is 0. The van der Waals surface area contributed by atoms with Crippen molar-refractivity contribution in [1.29, 1.82) is 0 Å². The number of nitrogens with one attached hydrogen (secondary N) is 1. The summed E-state index contributed by atoms with van der Waals surface area (Å²) in [5.74, 6) is 0. The van der Waals surface area contributed by atoms with Crippen LogP contribution >= 0.6 is 11.6 Å². The van der Waals surface area contributed by atoms with E-state index >= 15 is 0 Å². The first kappa shape index (κ1) is 6.10. The summed E-state index contributed by atoms with van der Waals surface area (Å²) < 4.78 is 0. The average Bonchev–Trinajstić information content (AvgIpc) is 2.18. The largest absolute Gasteiger partial charge is 0.411 e. The first-order valence-electron chi connectivity index (χ1n) is 2.21. The predicted molar refractivity (Wildman–Crippen MR) is 33.0 cm³/mol. The van der Waals surface area contributed by atoms with E-state index in [0.717, 1.165) is 0 Å². The predicted octanol–water partition coefficient (Wildman–Crippen LogP) is 0.871. The standard InChI is InChI=1S/C4H4ClN3O/c5-3-1-6-8-4(3)2-7-9/h1-2,9H,(H,6,8)/b7-2-.